The number of halogens is 4. The summed E-state index contributed by atoms with van der Waals surface area (Å²) in [7, 11) is -5.99. The maximum absolute atomic E-state index is 12.8. The number of carboxylic acid groups (broad SMARTS) is 3. The molecule has 0 bridgehead atoms. The number of alkyl halides is 3. The third kappa shape index (κ3) is 19.0. The summed E-state index contributed by atoms with van der Waals surface area (Å²) in [5.41, 5.74) is 14.1. The zero-order valence-electron chi connectivity index (χ0n) is 42.9. The van der Waals surface area contributed by atoms with Gasteiger partial charge in [-0.15, -0.1) is 12.4 Å². The molecule has 2 atom stereocenters. The molecule has 2 aromatic carbocycles. The van der Waals surface area contributed by atoms with E-state index in [4.69, 9.17) is 30.8 Å². The van der Waals surface area contributed by atoms with Crippen LogP contribution in [0.15, 0.2) is 146 Å². The summed E-state index contributed by atoms with van der Waals surface area (Å²) in [6, 6.07) is 23.2. The second-order valence-electron chi connectivity index (χ2n) is 16.6. The summed E-state index contributed by atoms with van der Waals surface area (Å²) < 4.78 is 97.9. The van der Waals surface area contributed by atoms with Crippen LogP contribution in [0, 0.1) is 0 Å². The van der Waals surface area contributed by atoms with Gasteiger partial charge in [0.2, 0.25) is 20.0 Å². The van der Waals surface area contributed by atoms with Gasteiger partial charge in [0.05, 0.1) is 41.9 Å². The normalized spacial score (nSPS) is 12.0. The topological polar surface area (TPSA) is 401 Å². The Labute approximate surface area is 465 Å². The molecular weight excluding hydrogens is 1140 g/mol. The van der Waals surface area contributed by atoms with Crippen LogP contribution >= 0.6 is 12.4 Å². The first-order valence-corrected chi connectivity index (χ1v) is 26.3. The molecule has 0 aliphatic heterocycles. The fraction of sp³-hybridized carbons (Fsp3) is 0.265. The molecule has 6 aromatic rings. The van der Waals surface area contributed by atoms with Crippen molar-refractivity contribution in [3.63, 3.8) is 0 Å². The van der Waals surface area contributed by atoms with Crippen LogP contribution in [0.4, 0.5) is 13.2 Å². The van der Waals surface area contributed by atoms with Gasteiger partial charge in [-0.1, -0.05) is 36.4 Å². The van der Waals surface area contributed by atoms with Crippen LogP contribution in [0.3, 0.4) is 0 Å². The molecule has 6 rings (SSSR count). The molecule has 0 aliphatic carbocycles. The number of amides is 2. The highest BCUT2D eigenvalue weighted by Crippen LogP contribution is 2.20. The van der Waals surface area contributed by atoms with Crippen molar-refractivity contribution in [2.45, 2.75) is 40.9 Å². The average molecular weight is 1200 g/mol. The van der Waals surface area contributed by atoms with Crippen molar-refractivity contribution in [3.05, 3.63) is 153 Å². The number of ether oxygens (including phenoxy) is 2. The maximum atomic E-state index is 12.8. The summed E-state index contributed by atoms with van der Waals surface area (Å²) in [4.78, 5) is 86.8. The fourth-order valence-electron chi connectivity index (χ4n) is 6.78. The van der Waals surface area contributed by atoms with E-state index in [0.717, 1.165) is 39.2 Å². The number of aliphatic imine (C=N–C) groups is 1. The molecule has 26 nitrogen and oxygen atoms in total. The molecule has 0 saturated carbocycles. The van der Waals surface area contributed by atoms with Crippen molar-refractivity contribution in [2.75, 3.05) is 53.5 Å². The van der Waals surface area contributed by atoms with Crippen LogP contribution in [0.25, 0.3) is 11.0 Å². The number of benzene rings is 2. The first-order chi connectivity index (χ1) is 37.6. The monoisotopic (exact) mass is 1200 g/mol. The van der Waals surface area contributed by atoms with E-state index in [1.807, 2.05) is 0 Å². The molecule has 4 heterocycles. The molecule has 0 fully saturated rings. The molecule has 2 amide bonds. The molecule has 11 N–H and O–H groups in total. The number of guanidine groups is 1. The van der Waals surface area contributed by atoms with Crippen molar-refractivity contribution in [2.24, 2.45) is 16.5 Å². The van der Waals surface area contributed by atoms with Gasteiger partial charge in [0.15, 0.2) is 5.96 Å². The standard InChI is InChI=1S/C24H28N6O7S.C23H26N4O7S.C2HF3O2.ClH/c1-29(38(35,36)19-6-3-2-4-7-19)20(23(33)34)14-28-22(32)16-12-17-8-9-18(15-30(17)21(31)13-16)37-11-5-10-27-24(25)26;1-26(35(32,33)19-6-3-2-4-7-19)20(23(30)31)14-25-22(29)16-12-17-8-9-18(34-11-5-10-24)15-27(17)21(28)13-16;3-2(4,5)1(6)7;/h2-4,6-9,12-13,15,20H,5,10-11,14H2,1H3,(H,28,32)(H,33,34)(H4,25,26,27);2-4,6-9,12-13,15,20H,5,10-11,14,24H2,1H3,(H,25,29)(H,30,31);(H,6,7);1H/t2*20-;;/m00../s1. The summed E-state index contributed by atoms with van der Waals surface area (Å²) in [5, 5.41) is 32.8. The first-order valence-electron chi connectivity index (χ1n) is 23.4. The summed E-state index contributed by atoms with van der Waals surface area (Å²) in [6.45, 7) is 0.867. The molecule has 32 heteroatoms. The van der Waals surface area contributed by atoms with E-state index in [2.05, 4.69) is 21.4 Å². The van der Waals surface area contributed by atoms with Gasteiger partial charge < -0.3 is 57.4 Å². The Kier molecular flexibility index (Phi) is 24.8. The van der Waals surface area contributed by atoms with Crippen molar-refractivity contribution in [3.8, 4) is 11.5 Å². The number of quaternary nitrogens is 1. The number of nitrogens with two attached hydrogens (primary N) is 2. The number of hydrogen-bond acceptors (Lipinski definition) is 15. The lowest BCUT2D eigenvalue weighted by Crippen LogP contribution is -2.50. The Bertz CT molecular complexity index is 3560. The molecule has 81 heavy (non-hydrogen) atoms. The van der Waals surface area contributed by atoms with Crippen LogP contribution in [0.2, 0.25) is 0 Å². The predicted octanol–water partition coefficient (Wildman–Crippen LogP) is -0.620. The molecule has 0 radical (unpaired) electrons. The van der Waals surface area contributed by atoms with Crippen LogP contribution in [0.1, 0.15) is 33.6 Å². The number of carbonyl (C=O) groups excluding carboxylic acids is 3. The molecule has 0 saturated heterocycles. The largest absolute Gasteiger partial charge is 0.542 e. The van der Waals surface area contributed by atoms with Gasteiger partial charge in [-0.2, -0.15) is 21.8 Å². The van der Waals surface area contributed by atoms with Gasteiger partial charge in [0.1, 0.15) is 29.6 Å². The van der Waals surface area contributed by atoms with Gasteiger partial charge in [-0.05, 0) is 60.7 Å². The van der Waals surface area contributed by atoms with E-state index < -0.39 is 92.2 Å². The number of aliphatic carboxylic acids is 3. The van der Waals surface area contributed by atoms with E-state index in [0.29, 0.717) is 57.3 Å². The van der Waals surface area contributed by atoms with Gasteiger partial charge in [0.25, 0.3) is 22.9 Å². The summed E-state index contributed by atoms with van der Waals surface area (Å²) >= 11 is 0. The van der Waals surface area contributed by atoms with Crippen LogP contribution in [0.5, 0.6) is 11.5 Å². The highest BCUT2D eigenvalue weighted by atomic mass is 35.5. The minimum atomic E-state index is -5.19. The second-order valence-corrected chi connectivity index (χ2v) is 20.6. The predicted molar refractivity (Wildman–Crippen MR) is 285 cm³/mol. The van der Waals surface area contributed by atoms with E-state index in [1.165, 1.54) is 81.9 Å². The number of aromatic nitrogens is 2. The highest BCUT2D eigenvalue weighted by molar-refractivity contribution is 7.89. The molecule has 4 aromatic heterocycles. The van der Waals surface area contributed by atoms with Crippen molar-refractivity contribution in [1.29, 1.82) is 0 Å². The molecule has 0 unspecified atom stereocenters. The number of fused-ring (bicyclic) bond motifs is 2. The van der Waals surface area contributed by atoms with E-state index >= 15 is 0 Å². The SMILES string of the molecule is CN([C@@H](CNC(=O)c1cc(=O)n2cc(OCCCN=C(N)N)ccc2c1)C(=O)O)S(=O)(=O)c1ccccc1.CN([C@@H](CNC(=O)c1cc(=O)n2cc(OCCC[NH3+])ccc2c1)C(=O)O)S(=O)(=O)c1ccccc1.Cl.O=C([O-])C(F)(F)F. The third-order valence-electron chi connectivity index (χ3n) is 11.0. The lowest BCUT2D eigenvalue weighted by atomic mass is 10.2. The van der Waals surface area contributed by atoms with E-state index in [1.54, 1.807) is 36.4 Å². The highest BCUT2D eigenvalue weighted by Gasteiger charge is 2.35. The zero-order chi connectivity index (χ0) is 59.5. The van der Waals surface area contributed by atoms with E-state index in [9.17, 15) is 69.0 Å². The van der Waals surface area contributed by atoms with Crippen molar-refractivity contribution in [1.82, 2.24) is 28.0 Å². The van der Waals surface area contributed by atoms with Gasteiger partial charge >= 0.3 is 18.1 Å². The second kappa shape index (κ2) is 30.1. The van der Waals surface area contributed by atoms with E-state index in [-0.39, 0.29) is 39.3 Å². The average Bonchev–Trinajstić information content (AvgIpc) is 3.42. The number of sulfonamides is 2. The Morgan fingerprint density at radius 2 is 1.05 bits per heavy atom. The zero-order valence-corrected chi connectivity index (χ0v) is 45.4. The number of nitrogens with one attached hydrogen (secondary N) is 2. The molecule has 0 spiro atoms. The number of pyridine rings is 4. The molecular formula is C49H56ClF3N10O16S2. The minimum absolute atomic E-state index is 0. The molecule has 438 valence electrons. The number of rotatable bonds is 23. The van der Waals surface area contributed by atoms with Gasteiger partial charge in [-0.3, -0.25) is 42.6 Å². The number of carbonyl (C=O) groups is 5. The van der Waals surface area contributed by atoms with Gasteiger partial charge in [0, 0.05) is 80.9 Å². The van der Waals surface area contributed by atoms with Crippen molar-refractivity contribution < 1.29 is 84.5 Å². The minimum Gasteiger partial charge on any atom is -0.542 e. The van der Waals surface area contributed by atoms with Crippen LogP contribution in [-0.4, -0.2) is 152 Å². The lowest BCUT2D eigenvalue weighted by molar-refractivity contribution is -0.368. The number of hydrogen-bond donors (Lipinski definition) is 7. The Morgan fingerprint density at radius 3 is 1.38 bits per heavy atom. The van der Waals surface area contributed by atoms with Crippen LogP contribution in [-0.2, 0) is 34.4 Å². The number of nitrogens with zero attached hydrogens (tertiary/aromatic N) is 5. The quantitative estimate of drug-likeness (QED) is 0.0239. The Hall–Kier alpha value is -8.62. The third-order valence-corrected chi connectivity index (χ3v) is 14.8. The summed E-state index contributed by atoms with van der Waals surface area (Å²) in [5.74, 6) is -6.42. The van der Waals surface area contributed by atoms with Crippen LogP contribution < -0.4 is 53.5 Å². The smallest absolute Gasteiger partial charge is 0.430 e. The summed E-state index contributed by atoms with van der Waals surface area (Å²) in [6.07, 6.45) is -0.871. The number of carboxylic acids is 3. The Morgan fingerprint density at radius 1 is 0.679 bits per heavy atom. The molecule has 0 aliphatic rings. The van der Waals surface area contributed by atoms with Gasteiger partial charge in [-0.25, -0.2) is 16.8 Å². The maximum Gasteiger partial charge on any atom is 0.430 e. The Balaban J connectivity index is 0.000000377. The lowest BCUT2D eigenvalue weighted by Gasteiger charge is -2.24. The fourth-order valence-corrected chi connectivity index (χ4v) is 9.44. The van der Waals surface area contributed by atoms with Crippen molar-refractivity contribution >= 4 is 79.2 Å². The first kappa shape index (κ1) is 66.7. The number of likely N-dealkylation sites (N-methyl/N-ethyl adjacent to an activating group) is 2.